The molecule has 2 rings (SSSR count). The maximum Gasteiger partial charge on any atom is 0.341 e. The third kappa shape index (κ3) is 6.84. The molecule has 0 heterocycles. The summed E-state index contributed by atoms with van der Waals surface area (Å²) in [5.74, 6) is 0.0576. The zero-order chi connectivity index (χ0) is 18.9. The van der Waals surface area contributed by atoms with Crippen molar-refractivity contribution < 1.29 is 24.2 Å². The van der Waals surface area contributed by atoms with Gasteiger partial charge < -0.3 is 19.9 Å². The zero-order valence-electron chi connectivity index (χ0n) is 14.9. The van der Waals surface area contributed by atoms with E-state index < -0.39 is 12.6 Å². The van der Waals surface area contributed by atoms with Gasteiger partial charge in [-0.25, -0.2) is 4.79 Å². The molecular formula is C20H23NO5. The van der Waals surface area contributed by atoms with Gasteiger partial charge in [0.05, 0.1) is 12.5 Å². The number of hydrogen-bond donors (Lipinski definition) is 2. The lowest BCUT2D eigenvalue weighted by atomic mass is 10.1. The highest BCUT2D eigenvalue weighted by Gasteiger charge is 2.06. The Bertz CT molecular complexity index is 757. The van der Waals surface area contributed by atoms with Crippen molar-refractivity contribution in [2.24, 2.45) is 0 Å². The number of amides is 1. The Kier molecular flexibility index (Phi) is 7.02. The molecule has 0 bridgehead atoms. The third-order valence-corrected chi connectivity index (χ3v) is 3.39. The van der Waals surface area contributed by atoms with Crippen LogP contribution in [0.25, 0.3) is 0 Å². The summed E-state index contributed by atoms with van der Waals surface area (Å²) in [5, 5.41) is 11.5. The van der Waals surface area contributed by atoms with Gasteiger partial charge in [0.2, 0.25) is 5.91 Å². The molecule has 0 fully saturated rings. The molecule has 0 aliphatic rings. The number of nitrogens with one attached hydrogen (secondary N) is 1. The number of hydrogen-bond acceptors (Lipinski definition) is 4. The monoisotopic (exact) mass is 357 g/mol. The van der Waals surface area contributed by atoms with Gasteiger partial charge in [0, 0.05) is 6.54 Å². The average molecular weight is 357 g/mol. The second kappa shape index (κ2) is 9.46. The van der Waals surface area contributed by atoms with Crippen LogP contribution >= 0.6 is 0 Å². The van der Waals surface area contributed by atoms with Crippen LogP contribution in [0.2, 0.25) is 0 Å². The minimum Gasteiger partial charge on any atom is -0.491 e. The largest absolute Gasteiger partial charge is 0.491 e. The van der Waals surface area contributed by atoms with Gasteiger partial charge in [0.15, 0.2) is 6.61 Å². The number of rotatable bonds is 9. The second-order valence-electron chi connectivity index (χ2n) is 6.10. The van der Waals surface area contributed by atoms with Gasteiger partial charge in [0.25, 0.3) is 0 Å². The topological polar surface area (TPSA) is 84.9 Å². The molecule has 2 aromatic rings. The molecule has 6 heteroatoms. The summed E-state index contributed by atoms with van der Waals surface area (Å²) in [6.07, 6.45) is 0.333. The van der Waals surface area contributed by atoms with E-state index in [0.717, 1.165) is 16.9 Å². The standard InChI is InChI=1S/C20H23NO5/c1-14(2)26-18-8-3-5-15(9-18)11-19(22)21-12-16-6-4-7-17(10-16)25-13-20(23)24/h3-10,14H,11-13H2,1-2H3,(H,21,22)(H,23,24). The molecule has 138 valence electrons. The van der Waals surface area contributed by atoms with E-state index in [2.05, 4.69) is 5.32 Å². The molecule has 26 heavy (non-hydrogen) atoms. The maximum absolute atomic E-state index is 12.2. The number of carbonyl (C=O) groups excluding carboxylic acids is 1. The van der Waals surface area contributed by atoms with Crippen molar-refractivity contribution in [3.8, 4) is 11.5 Å². The SMILES string of the molecule is CC(C)Oc1cccc(CC(=O)NCc2cccc(OCC(=O)O)c2)c1. The first kappa shape index (κ1) is 19.3. The predicted octanol–water partition coefficient (Wildman–Crippen LogP) is 2.80. The van der Waals surface area contributed by atoms with Gasteiger partial charge in [-0.1, -0.05) is 24.3 Å². The first-order valence-corrected chi connectivity index (χ1v) is 8.38. The number of carboxylic acids is 1. The fourth-order valence-corrected chi connectivity index (χ4v) is 2.34. The minimum atomic E-state index is -1.03. The van der Waals surface area contributed by atoms with Crippen LogP contribution in [0.5, 0.6) is 11.5 Å². The average Bonchev–Trinajstić information content (AvgIpc) is 2.58. The van der Waals surface area contributed by atoms with Gasteiger partial charge >= 0.3 is 5.97 Å². The molecular weight excluding hydrogens is 334 g/mol. The van der Waals surface area contributed by atoms with Crippen molar-refractivity contribution in [3.63, 3.8) is 0 Å². The van der Waals surface area contributed by atoms with E-state index in [4.69, 9.17) is 14.6 Å². The van der Waals surface area contributed by atoms with Gasteiger partial charge in [0.1, 0.15) is 11.5 Å². The molecule has 0 unspecified atom stereocenters. The molecule has 0 saturated heterocycles. The number of aliphatic carboxylic acids is 1. The van der Waals surface area contributed by atoms with E-state index in [0.29, 0.717) is 12.3 Å². The summed E-state index contributed by atoms with van der Waals surface area (Å²) in [7, 11) is 0. The van der Waals surface area contributed by atoms with Crippen LogP contribution in [0.4, 0.5) is 0 Å². The second-order valence-corrected chi connectivity index (χ2v) is 6.10. The van der Waals surface area contributed by atoms with Gasteiger partial charge in [-0.2, -0.15) is 0 Å². The van der Waals surface area contributed by atoms with Crippen LogP contribution in [0.15, 0.2) is 48.5 Å². The van der Waals surface area contributed by atoms with E-state index in [1.165, 1.54) is 0 Å². The Morgan fingerprint density at radius 1 is 1.04 bits per heavy atom. The van der Waals surface area contributed by atoms with Gasteiger partial charge in [-0.15, -0.1) is 0 Å². The van der Waals surface area contributed by atoms with Crippen LogP contribution in [-0.4, -0.2) is 29.7 Å². The predicted molar refractivity (Wildman–Crippen MR) is 97.3 cm³/mol. The number of ether oxygens (including phenoxy) is 2. The van der Waals surface area contributed by atoms with Crippen molar-refractivity contribution in [1.82, 2.24) is 5.32 Å². The van der Waals surface area contributed by atoms with Crippen molar-refractivity contribution in [2.75, 3.05) is 6.61 Å². The van der Waals surface area contributed by atoms with Crippen LogP contribution < -0.4 is 14.8 Å². The minimum absolute atomic E-state index is 0.0784. The van der Waals surface area contributed by atoms with Crippen LogP contribution in [0.1, 0.15) is 25.0 Å². The molecule has 0 aliphatic heterocycles. The molecule has 0 spiro atoms. The molecule has 0 atom stereocenters. The van der Waals surface area contributed by atoms with Crippen LogP contribution in [0.3, 0.4) is 0 Å². The highest BCUT2D eigenvalue weighted by Crippen LogP contribution is 2.16. The summed E-state index contributed by atoms with van der Waals surface area (Å²) >= 11 is 0. The molecule has 0 saturated carbocycles. The summed E-state index contributed by atoms with van der Waals surface area (Å²) in [4.78, 5) is 22.7. The highest BCUT2D eigenvalue weighted by molar-refractivity contribution is 5.78. The van der Waals surface area contributed by atoms with E-state index in [1.54, 1.807) is 18.2 Å². The summed E-state index contributed by atoms with van der Waals surface area (Å²) in [5.41, 5.74) is 1.71. The lowest BCUT2D eigenvalue weighted by molar-refractivity contribution is -0.139. The molecule has 0 aromatic heterocycles. The summed E-state index contributed by atoms with van der Waals surface area (Å²) in [6.45, 7) is 3.84. The third-order valence-electron chi connectivity index (χ3n) is 3.39. The Balaban J connectivity index is 1.87. The summed E-state index contributed by atoms with van der Waals surface area (Å²) < 4.78 is 10.8. The lowest BCUT2D eigenvalue weighted by Crippen LogP contribution is -2.24. The molecule has 2 aromatic carbocycles. The Labute approximate surface area is 152 Å². The highest BCUT2D eigenvalue weighted by atomic mass is 16.5. The van der Waals surface area contributed by atoms with Crippen LogP contribution in [-0.2, 0) is 22.6 Å². The first-order chi connectivity index (χ1) is 12.4. The van der Waals surface area contributed by atoms with Crippen molar-refractivity contribution in [3.05, 3.63) is 59.7 Å². The molecule has 0 aliphatic carbocycles. The van der Waals surface area contributed by atoms with Crippen molar-refractivity contribution in [2.45, 2.75) is 32.9 Å². The number of carbonyl (C=O) groups is 2. The Hall–Kier alpha value is -3.02. The first-order valence-electron chi connectivity index (χ1n) is 8.38. The smallest absolute Gasteiger partial charge is 0.341 e. The van der Waals surface area contributed by atoms with Gasteiger partial charge in [-0.3, -0.25) is 4.79 Å². The maximum atomic E-state index is 12.2. The zero-order valence-corrected chi connectivity index (χ0v) is 14.9. The molecule has 2 N–H and O–H groups in total. The normalized spacial score (nSPS) is 10.4. The Morgan fingerprint density at radius 2 is 1.69 bits per heavy atom. The Morgan fingerprint density at radius 3 is 2.38 bits per heavy atom. The quantitative estimate of drug-likeness (QED) is 0.721. The molecule has 0 radical (unpaired) electrons. The lowest BCUT2D eigenvalue weighted by Gasteiger charge is -2.11. The van der Waals surface area contributed by atoms with Gasteiger partial charge in [-0.05, 0) is 49.2 Å². The molecule has 1 amide bonds. The van der Waals surface area contributed by atoms with Crippen LogP contribution in [0, 0.1) is 0 Å². The van der Waals surface area contributed by atoms with Crippen molar-refractivity contribution in [1.29, 1.82) is 0 Å². The van der Waals surface area contributed by atoms with E-state index >= 15 is 0 Å². The fourth-order valence-electron chi connectivity index (χ4n) is 2.34. The van der Waals surface area contributed by atoms with E-state index in [1.807, 2.05) is 44.2 Å². The fraction of sp³-hybridized carbons (Fsp3) is 0.300. The van der Waals surface area contributed by atoms with E-state index in [9.17, 15) is 9.59 Å². The molecule has 6 nitrogen and oxygen atoms in total. The number of benzene rings is 2. The van der Waals surface area contributed by atoms with E-state index in [-0.39, 0.29) is 18.4 Å². The summed E-state index contributed by atoms with van der Waals surface area (Å²) in [6, 6.07) is 14.5. The van der Waals surface area contributed by atoms with Crippen molar-refractivity contribution >= 4 is 11.9 Å². The number of carboxylic acid groups (broad SMARTS) is 1.